The molecule has 26 heavy (non-hydrogen) atoms. The van der Waals surface area contributed by atoms with Gasteiger partial charge in [-0.1, -0.05) is 24.3 Å². The van der Waals surface area contributed by atoms with Gasteiger partial charge in [-0.2, -0.15) is 0 Å². The SMILES string of the molecule is Nc1ccc2[nH]c(-c3ccc(-c4cc5cc(N)ccc5[nH]4)cc3)cc2c1. The van der Waals surface area contributed by atoms with Crippen molar-refractivity contribution in [2.45, 2.75) is 0 Å². The summed E-state index contributed by atoms with van der Waals surface area (Å²) in [5.74, 6) is 0. The standard InChI is InChI=1S/C22H18N4/c23-17-5-7-19-15(9-17)11-21(25-19)13-1-2-14(4-3-13)22-12-16-10-18(24)6-8-20(16)26-22/h1-12,25-26H,23-24H2. The summed E-state index contributed by atoms with van der Waals surface area (Å²) < 4.78 is 0. The third-order valence-corrected chi connectivity index (χ3v) is 4.80. The Morgan fingerprint density at radius 1 is 0.500 bits per heavy atom. The minimum Gasteiger partial charge on any atom is -0.399 e. The fraction of sp³-hybridized carbons (Fsp3) is 0. The Morgan fingerprint density at radius 3 is 1.35 bits per heavy atom. The molecule has 2 aromatic heterocycles. The third kappa shape index (κ3) is 2.40. The molecule has 0 aliphatic carbocycles. The summed E-state index contributed by atoms with van der Waals surface area (Å²) in [5, 5.41) is 2.24. The number of aromatic amines is 2. The fourth-order valence-corrected chi connectivity index (χ4v) is 3.44. The Labute approximate surface area is 150 Å². The Balaban J connectivity index is 1.52. The van der Waals surface area contributed by atoms with Gasteiger partial charge < -0.3 is 21.4 Å². The van der Waals surface area contributed by atoms with E-state index in [2.05, 4.69) is 46.4 Å². The molecule has 4 heteroatoms. The van der Waals surface area contributed by atoms with Gasteiger partial charge in [-0.3, -0.25) is 0 Å². The van der Waals surface area contributed by atoms with E-state index in [0.29, 0.717) is 0 Å². The molecule has 0 atom stereocenters. The van der Waals surface area contributed by atoms with Crippen LogP contribution in [0.5, 0.6) is 0 Å². The van der Waals surface area contributed by atoms with Crippen LogP contribution in [0.4, 0.5) is 11.4 Å². The number of hydrogen-bond acceptors (Lipinski definition) is 2. The van der Waals surface area contributed by atoms with Crippen molar-refractivity contribution in [3.05, 3.63) is 72.8 Å². The minimum absolute atomic E-state index is 0.776. The van der Waals surface area contributed by atoms with Crippen LogP contribution in [0, 0.1) is 0 Å². The molecule has 5 rings (SSSR count). The average Bonchev–Trinajstić information content (AvgIpc) is 3.25. The third-order valence-electron chi connectivity index (χ3n) is 4.80. The lowest BCUT2D eigenvalue weighted by Gasteiger charge is -2.01. The number of anilines is 2. The molecule has 0 amide bonds. The topological polar surface area (TPSA) is 83.6 Å². The maximum atomic E-state index is 5.87. The van der Waals surface area contributed by atoms with Crippen LogP contribution < -0.4 is 11.5 Å². The van der Waals surface area contributed by atoms with E-state index < -0.39 is 0 Å². The van der Waals surface area contributed by atoms with Crippen molar-refractivity contribution in [2.75, 3.05) is 11.5 Å². The van der Waals surface area contributed by atoms with Gasteiger partial charge in [0, 0.05) is 44.6 Å². The molecular weight excluding hydrogens is 320 g/mol. The molecule has 0 saturated carbocycles. The summed E-state index contributed by atoms with van der Waals surface area (Å²) >= 11 is 0. The zero-order valence-corrected chi connectivity index (χ0v) is 14.1. The van der Waals surface area contributed by atoms with Crippen LogP contribution in [0.1, 0.15) is 0 Å². The van der Waals surface area contributed by atoms with Crippen LogP contribution in [0.25, 0.3) is 44.3 Å². The van der Waals surface area contributed by atoms with Crippen molar-refractivity contribution in [3.8, 4) is 22.5 Å². The first kappa shape index (κ1) is 14.7. The summed E-state index contributed by atoms with van der Waals surface area (Å²) in [4.78, 5) is 6.90. The predicted molar refractivity (Wildman–Crippen MR) is 110 cm³/mol. The molecule has 4 nitrogen and oxygen atoms in total. The molecule has 126 valence electrons. The molecule has 0 spiro atoms. The first-order chi connectivity index (χ1) is 12.7. The van der Waals surface area contributed by atoms with Gasteiger partial charge in [0.25, 0.3) is 0 Å². The molecular formula is C22H18N4. The van der Waals surface area contributed by atoms with Crippen molar-refractivity contribution < 1.29 is 0 Å². The van der Waals surface area contributed by atoms with Crippen molar-refractivity contribution in [3.63, 3.8) is 0 Å². The summed E-state index contributed by atoms with van der Waals surface area (Å²) in [7, 11) is 0. The van der Waals surface area contributed by atoms with Gasteiger partial charge in [0.15, 0.2) is 0 Å². The maximum Gasteiger partial charge on any atom is 0.0464 e. The number of nitrogen functional groups attached to an aromatic ring is 2. The van der Waals surface area contributed by atoms with Gasteiger partial charge in [-0.05, 0) is 59.7 Å². The highest BCUT2D eigenvalue weighted by molar-refractivity contribution is 5.90. The van der Waals surface area contributed by atoms with Gasteiger partial charge in [0.1, 0.15) is 0 Å². The summed E-state index contributed by atoms with van der Waals surface area (Å²) in [6.07, 6.45) is 0. The van der Waals surface area contributed by atoms with Crippen molar-refractivity contribution in [2.24, 2.45) is 0 Å². The van der Waals surface area contributed by atoms with Crippen molar-refractivity contribution in [1.82, 2.24) is 9.97 Å². The smallest absolute Gasteiger partial charge is 0.0464 e. The first-order valence-electron chi connectivity index (χ1n) is 8.53. The van der Waals surface area contributed by atoms with Gasteiger partial charge >= 0.3 is 0 Å². The maximum absolute atomic E-state index is 5.87. The van der Waals surface area contributed by atoms with E-state index in [1.165, 1.54) is 0 Å². The average molecular weight is 338 g/mol. The number of hydrogen-bond donors (Lipinski definition) is 4. The molecule has 0 bridgehead atoms. The molecule has 0 radical (unpaired) electrons. The number of rotatable bonds is 2. The van der Waals surface area contributed by atoms with Crippen LogP contribution in [0.15, 0.2) is 72.8 Å². The Kier molecular flexibility index (Phi) is 3.06. The second-order valence-electron chi connectivity index (χ2n) is 6.64. The highest BCUT2D eigenvalue weighted by Gasteiger charge is 2.07. The van der Waals surface area contributed by atoms with Gasteiger partial charge in [0.05, 0.1) is 0 Å². The van der Waals surface area contributed by atoms with Gasteiger partial charge in [-0.15, -0.1) is 0 Å². The molecule has 0 unspecified atom stereocenters. The number of benzene rings is 3. The fourth-order valence-electron chi connectivity index (χ4n) is 3.44. The Bertz CT molecular complexity index is 1140. The Morgan fingerprint density at radius 2 is 0.923 bits per heavy atom. The van der Waals surface area contributed by atoms with E-state index in [9.17, 15) is 0 Å². The zero-order valence-electron chi connectivity index (χ0n) is 14.1. The summed E-state index contributed by atoms with van der Waals surface area (Å²) in [6.45, 7) is 0. The molecule has 0 aliphatic heterocycles. The monoisotopic (exact) mass is 338 g/mol. The van der Waals surface area contributed by atoms with Crippen LogP contribution in [-0.2, 0) is 0 Å². The number of nitrogens with one attached hydrogen (secondary N) is 2. The highest BCUT2D eigenvalue weighted by atomic mass is 14.7. The lowest BCUT2D eigenvalue weighted by molar-refractivity contribution is 1.43. The molecule has 3 aromatic carbocycles. The number of nitrogens with two attached hydrogens (primary N) is 2. The first-order valence-corrected chi connectivity index (χ1v) is 8.53. The van der Waals surface area contributed by atoms with Crippen LogP contribution >= 0.6 is 0 Å². The van der Waals surface area contributed by atoms with Crippen LogP contribution in [0.3, 0.4) is 0 Å². The number of fused-ring (bicyclic) bond motifs is 2. The van der Waals surface area contributed by atoms with Crippen molar-refractivity contribution in [1.29, 1.82) is 0 Å². The van der Waals surface area contributed by atoms with E-state index in [4.69, 9.17) is 11.5 Å². The summed E-state index contributed by atoms with van der Waals surface area (Å²) in [5.41, 5.74) is 19.9. The normalized spacial score (nSPS) is 11.4. The van der Waals surface area contributed by atoms with E-state index in [-0.39, 0.29) is 0 Å². The van der Waals surface area contributed by atoms with Gasteiger partial charge in [-0.25, -0.2) is 0 Å². The molecule has 5 aromatic rings. The number of H-pyrrole nitrogens is 2. The minimum atomic E-state index is 0.776. The molecule has 0 fully saturated rings. The van der Waals surface area contributed by atoms with Crippen LogP contribution in [-0.4, -0.2) is 9.97 Å². The zero-order chi connectivity index (χ0) is 17.7. The number of aromatic nitrogens is 2. The van der Waals surface area contributed by atoms with E-state index in [1.807, 2.05) is 36.4 Å². The molecule has 0 saturated heterocycles. The van der Waals surface area contributed by atoms with Crippen molar-refractivity contribution >= 4 is 33.2 Å². The second kappa shape index (κ2) is 5.43. The van der Waals surface area contributed by atoms with E-state index >= 15 is 0 Å². The molecule has 0 aliphatic rings. The quantitative estimate of drug-likeness (QED) is 0.336. The van der Waals surface area contributed by atoms with E-state index in [1.54, 1.807) is 0 Å². The molecule has 2 heterocycles. The lowest BCUT2D eigenvalue weighted by Crippen LogP contribution is -1.81. The van der Waals surface area contributed by atoms with E-state index in [0.717, 1.165) is 55.7 Å². The lowest BCUT2D eigenvalue weighted by atomic mass is 10.1. The predicted octanol–water partition coefficient (Wildman–Crippen LogP) is 5.15. The molecule has 6 N–H and O–H groups in total. The van der Waals surface area contributed by atoms with Gasteiger partial charge in [0.2, 0.25) is 0 Å². The van der Waals surface area contributed by atoms with Crippen LogP contribution in [0.2, 0.25) is 0 Å². The summed E-state index contributed by atoms with van der Waals surface area (Å²) in [6, 6.07) is 24.6. The largest absolute Gasteiger partial charge is 0.399 e. The second-order valence-corrected chi connectivity index (χ2v) is 6.64. The highest BCUT2D eigenvalue weighted by Crippen LogP contribution is 2.29. The Hall–Kier alpha value is -3.66.